The van der Waals surface area contributed by atoms with Gasteiger partial charge in [0.25, 0.3) is 0 Å². The zero-order valence-corrected chi connectivity index (χ0v) is 18.0. The summed E-state index contributed by atoms with van der Waals surface area (Å²) in [5.41, 5.74) is 4.19. The Labute approximate surface area is 168 Å². The molecule has 1 aromatic carbocycles. The normalized spacial score (nSPS) is 22.9. The fraction of sp³-hybridized carbons (Fsp3) is 0.583. The second kappa shape index (κ2) is 7.82. The van der Waals surface area contributed by atoms with Gasteiger partial charge < -0.3 is 9.47 Å². The van der Waals surface area contributed by atoms with E-state index in [2.05, 4.69) is 19.1 Å². The molecule has 0 radical (unpaired) electrons. The summed E-state index contributed by atoms with van der Waals surface area (Å²) in [7, 11) is 0. The van der Waals surface area contributed by atoms with Gasteiger partial charge in [0, 0.05) is 25.6 Å². The molecular weight excluding hydrogens is 352 g/mol. The maximum Gasteiger partial charge on any atom is 0.316 e. The number of allylic oxidation sites excluding steroid dienone is 2. The molecule has 1 aliphatic heterocycles. The second-order valence-electron chi connectivity index (χ2n) is 9.44. The van der Waals surface area contributed by atoms with Crippen LogP contribution in [0.3, 0.4) is 0 Å². The van der Waals surface area contributed by atoms with E-state index in [-0.39, 0.29) is 17.7 Å². The maximum atomic E-state index is 13.4. The Kier molecular flexibility index (Phi) is 5.81. The van der Waals surface area contributed by atoms with Crippen molar-refractivity contribution >= 4 is 17.3 Å². The zero-order chi connectivity index (χ0) is 20.6. The first-order valence-corrected chi connectivity index (χ1v) is 10.2. The number of carbonyl (C=O) groups is 2. The van der Waals surface area contributed by atoms with Crippen molar-refractivity contribution in [2.24, 2.45) is 17.3 Å². The van der Waals surface area contributed by atoms with Crippen LogP contribution in [0.15, 0.2) is 17.9 Å². The molecule has 1 saturated heterocycles. The number of ether oxygens (including phenoxy) is 2. The first-order valence-electron chi connectivity index (χ1n) is 10.2. The number of ketones is 1. The fourth-order valence-electron chi connectivity index (χ4n) is 4.32. The van der Waals surface area contributed by atoms with Crippen LogP contribution in [0.2, 0.25) is 0 Å². The molecule has 28 heavy (non-hydrogen) atoms. The Hall–Kier alpha value is -1.94. The van der Waals surface area contributed by atoms with E-state index in [1.54, 1.807) is 0 Å². The van der Waals surface area contributed by atoms with Gasteiger partial charge >= 0.3 is 5.97 Å². The first-order chi connectivity index (χ1) is 13.1. The molecule has 0 spiro atoms. The van der Waals surface area contributed by atoms with E-state index in [4.69, 9.17) is 9.47 Å². The van der Waals surface area contributed by atoms with Crippen molar-refractivity contribution in [1.29, 1.82) is 0 Å². The number of aryl methyl sites for hydroxylation is 3. The van der Waals surface area contributed by atoms with Gasteiger partial charge in [-0.25, -0.2) is 0 Å². The minimum absolute atomic E-state index is 0.110. The van der Waals surface area contributed by atoms with Crippen LogP contribution in [0, 0.1) is 38.0 Å². The number of esters is 1. The molecule has 1 heterocycles. The van der Waals surface area contributed by atoms with E-state index in [0.29, 0.717) is 23.7 Å². The molecule has 1 fully saturated rings. The van der Waals surface area contributed by atoms with Crippen LogP contribution in [0.4, 0.5) is 0 Å². The summed E-state index contributed by atoms with van der Waals surface area (Å²) in [4.78, 5) is 26.0. The van der Waals surface area contributed by atoms with Crippen molar-refractivity contribution in [2.75, 3.05) is 13.2 Å². The maximum absolute atomic E-state index is 13.4. The third-order valence-electron chi connectivity index (χ3n) is 5.72. The van der Waals surface area contributed by atoms with Crippen LogP contribution in [-0.2, 0) is 19.1 Å². The minimum atomic E-state index is -0.615. The highest BCUT2D eigenvalue weighted by molar-refractivity contribution is 6.25. The van der Waals surface area contributed by atoms with Gasteiger partial charge in [-0.1, -0.05) is 17.7 Å². The highest BCUT2D eigenvalue weighted by atomic mass is 16.5. The van der Waals surface area contributed by atoms with Crippen molar-refractivity contribution < 1.29 is 19.1 Å². The molecule has 4 nitrogen and oxygen atoms in total. The average Bonchev–Trinajstić information content (AvgIpc) is 3.17. The number of Topliss-reactive ketones (excluding diaryl/α,β-unsaturated/α-hetero) is 1. The van der Waals surface area contributed by atoms with Crippen LogP contribution >= 0.6 is 0 Å². The van der Waals surface area contributed by atoms with E-state index in [0.717, 1.165) is 48.3 Å². The van der Waals surface area contributed by atoms with Gasteiger partial charge in [0.2, 0.25) is 0 Å². The van der Waals surface area contributed by atoms with Gasteiger partial charge in [-0.15, -0.1) is 0 Å². The molecule has 152 valence electrons. The lowest BCUT2D eigenvalue weighted by atomic mass is 9.87. The summed E-state index contributed by atoms with van der Waals surface area (Å²) in [6, 6.07) is 4.17. The molecule has 1 aliphatic carbocycles. The van der Waals surface area contributed by atoms with Crippen LogP contribution in [0.25, 0.3) is 5.57 Å². The number of hydrogen-bond acceptors (Lipinski definition) is 4. The van der Waals surface area contributed by atoms with Gasteiger partial charge in [-0.2, -0.15) is 0 Å². The summed E-state index contributed by atoms with van der Waals surface area (Å²) >= 11 is 0. The Morgan fingerprint density at radius 3 is 2.36 bits per heavy atom. The molecule has 2 unspecified atom stereocenters. The molecule has 2 atom stereocenters. The van der Waals surface area contributed by atoms with E-state index in [1.807, 2.05) is 34.6 Å². The summed E-state index contributed by atoms with van der Waals surface area (Å²) in [5.74, 6) is 0.639. The number of rotatable bonds is 4. The molecule has 0 amide bonds. The van der Waals surface area contributed by atoms with E-state index in [1.165, 1.54) is 0 Å². The van der Waals surface area contributed by atoms with Crippen molar-refractivity contribution in [3.63, 3.8) is 0 Å². The molecule has 4 heteroatoms. The summed E-state index contributed by atoms with van der Waals surface area (Å²) in [6.45, 7) is 13.1. The lowest BCUT2D eigenvalue weighted by Crippen LogP contribution is -2.22. The summed E-state index contributed by atoms with van der Waals surface area (Å²) in [6.07, 6.45) is 2.29. The second-order valence-corrected chi connectivity index (χ2v) is 9.44. The lowest BCUT2D eigenvalue weighted by molar-refractivity contribution is -0.148. The SMILES string of the molecule is Cc1cc(C)c(C2=C(OC(=O)C(C)(C)C)CC(CC3CCOC3)C2=O)c(C)c1. The number of hydrogen-bond donors (Lipinski definition) is 0. The molecule has 1 aromatic rings. The summed E-state index contributed by atoms with van der Waals surface area (Å²) < 4.78 is 11.3. The van der Waals surface area contributed by atoms with E-state index >= 15 is 0 Å². The van der Waals surface area contributed by atoms with Crippen LogP contribution in [-0.4, -0.2) is 25.0 Å². The van der Waals surface area contributed by atoms with E-state index in [9.17, 15) is 9.59 Å². The molecule has 3 rings (SSSR count). The molecule has 0 saturated carbocycles. The molecule has 0 bridgehead atoms. The first kappa shape index (κ1) is 20.8. The number of benzene rings is 1. The largest absolute Gasteiger partial charge is 0.430 e. The van der Waals surface area contributed by atoms with Crippen LogP contribution in [0.1, 0.15) is 62.3 Å². The van der Waals surface area contributed by atoms with Crippen molar-refractivity contribution in [1.82, 2.24) is 0 Å². The quantitative estimate of drug-likeness (QED) is 0.691. The average molecular weight is 385 g/mol. The van der Waals surface area contributed by atoms with Gasteiger partial charge in [0.15, 0.2) is 5.78 Å². The van der Waals surface area contributed by atoms with Crippen molar-refractivity contribution in [3.8, 4) is 0 Å². The van der Waals surface area contributed by atoms with Gasteiger partial charge in [0.1, 0.15) is 5.76 Å². The van der Waals surface area contributed by atoms with Crippen LogP contribution in [0.5, 0.6) is 0 Å². The highest BCUT2D eigenvalue weighted by Crippen LogP contribution is 2.42. The molecule has 0 aromatic heterocycles. The topological polar surface area (TPSA) is 52.6 Å². The molecule has 0 N–H and O–H groups in total. The lowest BCUT2D eigenvalue weighted by Gasteiger charge is -2.19. The Morgan fingerprint density at radius 2 is 1.82 bits per heavy atom. The van der Waals surface area contributed by atoms with Gasteiger partial charge in [-0.3, -0.25) is 9.59 Å². The Bertz CT molecular complexity index is 796. The molecule has 2 aliphatic rings. The third kappa shape index (κ3) is 4.22. The monoisotopic (exact) mass is 384 g/mol. The third-order valence-corrected chi connectivity index (χ3v) is 5.72. The predicted octanol–water partition coefficient (Wildman–Crippen LogP) is 4.93. The fourth-order valence-corrected chi connectivity index (χ4v) is 4.32. The zero-order valence-electron chi connectivity index (χ0n) is 18.0. The Balaban J connectivity index is 1.99. The van der Waals surface area contributed by atoms with Crippen molar-refractivity contribution in [2.45, 2.75) is 60.8 Å². The van der Waals surface area contributed by atoms with Gasteiger partial charge in [0.05, 0.1) is 11.0 Å². The Morgan fingerprint density at radius 1 is 1.18 bits per heavy atom. The summed E-state index contributed by atoms with van der Waals surface area (Å²) in [5, 5.41) is 0. The minimum Gasteiger partial charge on any atom is -0.430 e. The van der Waals surface area contributed by atoms with E-state index < -0.39 is 5.41 Å². The smallest absolute Gasteiger partial charge is 0.316 e. The number of carbonyl (C=O) groups excluding carboxylic acids is 2. The standard InChI is InChI=1S/C24H32O4/c1-14-9-15(2)20(16(3)10-14)21-19(28-23(26)24(4,5)6)12-18(22(21)25)11-17-7-8-27-13-17/h9-10,17-18H,7-8,11-13H2,1-6H3. The van der Waals surface area contributed by atoms with Gasteiger partial charge in [-0.05, 0) is 77.0 Å². The van der Waals surface area contributed by atoms with Crippen molar-refractivity contribution in [3.05, 3.63) is 40.1 Å². The molecular formula is C24H32O4. The van der Waals surface area contributed by atoms with Crippen LogP contribution < -0.4 is 0 Å². The highest BCUT2D eigenvalue weighted by Gasteiger charge is 2.40. The predicted molar refractivity (Wildman–Crippen MR) is 110 cm³/mol.